The van der Waals surface area contributed by atoms with Crippen LogP contribution in [0.5, 0.6) is 5.75 Å². The highest BCUT2D eigenvalue weighted by Crippen LogP contribution is 2.29. The summed E-state index contributed by atoms with van der Waals surface area (Å²) in [6.07, 6.45) is -3.79. The van der Waals surface area contributed by atoms with Gasteiger partial charge in [-0.15, -0.1) is 13.2 Å². The molecule has 0 heterocycles. The van der Waals surface area contributed by atoms with Gasteiger partial charge < -0.3 is 10.6 Å². The van der Waals surface area contributed by atoms with Crippen molar-refractivity contribution < 1.29 is 17.9 Å². The molecule has 2 N–H and O–H groups in total. The van der Waals surface area contributed by atoms with Crippen LogP contribution in [0.15, 0.2) is 23.3 Å². The molecule has 1 aromatic rings. The van der Waals surface area contributed by atoms with Crippen LogP contribution in [0.2, 0.25) is 5.02 Å². The zero-order valence-corrected chi connectivity index (χ0v) is 8.01. The molecule has 7 heteroatoms. The third-order valence-corrected chi connectivity index (χ3v) is 1.77. The molecule has 0 aliphatic carbocycles. The van der Waals surface area contributed by atoms with Crippen LogP contribution in [-0.4, -0.2) is 12.6 Å². The predicted molar refractivity (Wildman–Crippen MR) is 49.9 cm³/mol. The monoisotopic (exact) mass is 238 g/mol. The summed E-state index contributed by atoms with van der Waals surface area (Å²) in [7, 11) is 0. The second-order valence-electron chi connectivity index (χ2n) is 2.48. The van der Waals surface area contributed by atoms with Crippen molar-refractivity contribution in [3.8, 4) is 5.75 Å². The fourth-order valence-corrected chi connectivity index (χ4v) is 1.15. The van der Waals surface area contributed by atoms with Gasteiger partial charge in [-0.05, 0) is 12.1 Å². The van der Waals surface area contributed by atoms with E-state index in [4.69, 9.17) is 17.4 Å². The first-order valence-electron chi connectivity index (χ1n) is 3.71. The lowest BCUT2D eigenvalue weighted by Gasteiger charge is -2.11. The van der Waals surface area contributed by atoms with Gasteiger partial charge in [0.1, 0.15) is 5.75 Å². The molecular weight excluding hydrogens is 233 g/mol. The summed E-state index contributed by atoms with van der Waals surface area (Å²) < 4.78 is 39.6. The fourth-order valence-electron chi connectivity index (χ4n) is 0.931. The van der Waals surface area contributed by atoms with E-state index in [0.29, 0.717) is 0 Å². The molecule has 3 nitrogen and oxygen atoms in total. The Morgan fingerprint density at radius 2 is 2.07 bits per heavy atom. The molecule has 0 saturated heterocycles. The Kier molecular flexibility index (Phi) is 3.41. The van der Waals surface area contributed by atoms with Gasteiger partial charge in [-0.1, -0.05) is 17.7 Å². The highest BCUT2D eigenvalue weighted by atomic mass is 35.5. The third-order valence-electron chi connectivity index (χ3n) is 1.44. The molecular formula is C8H6ClF3N2O. The summed E-state index contributed by atoms with van der Waals surface area (Å²) in [5.74, 6) is 4.40. The molecule has 0 unspecified atom stereocenters. The maximum Gasteiger partial charge on any atom is 0.573 e. The number of benzene rings is 1. The van der Waals surface area contributed by atoms with Gasteiger partial charge in [-0.2, -0.15) is 5.10 Å². The van der Waals surface area contributed by atoms with Gasteiger partial charge in [0, 0.05) is 0 Å². The highest BCUT2D eigenvalue weighted by molar-refractivity contribution is 6.33. The molecule has 0 atom stereocenters. The van der Waals surface area contributed by atoms with Crippen LogP contribution in [-0.2, 0) is 0 Å². The van der Waals surface area contributed by atoms with Crippen molar-refractivity contribution in [1.82, 2.24) is 0 Å². The molecule has 0 aliphatic rings. The van der Waals surface area contributed by atoms with E-state index < -0.39 is 12.1 Å². The Hall–Kier alpha value is -1.43. The van der Waals surface area contributed by atoms with Crippen molar-refractivity contribution in [3.63, 3.8) is 0 Å². The van der Waals surface area contributed by atoms with E-state index in [1.807, 2.05) is 0 Å². The molecule has 0 bridgehead atoms. The van der Waals surface area contributed by atoms with Crippen molar-refractivity contribution >= 4 is 17.8 Å². The lowest BCUT2D eigenvalue weighted by atomic mass is 10.2. The second-order valence-corrected chi connectivity index (χ2v) is 2.88. The number of ether oxygens (including phenoxy) is 1. The number of rotatable bonds is 2. The van der Waals surface area contributed by atoms with Crippen LogP contribution >= 0.6 is 11.6 Å². The lowest BCUT2D eigenvalue weighted by Crippen LogP contribution is -2.18. The van der Waals surface area contributed by atoms with E-state index in [-0.39, 0.29) is 10.6 Å². The third kappa shape index (κ3) is 3.32. The minimum Gasteiger partial charge on any atom is -0.405 e. The quantitative estimate of drug-likeness (QED) is 0.489. The van der Waals surface area contributed by atoms with Gasteiger partial charge in [0.2, 0.25) is 0 Å². The van der Waals surface area contributed by atoms with Crippen LogP contribution < -0.4 is 10.6 Å². The largest absolute Gasteiger partial charge is 0.573 e. The van der Waals surface area contributed by atoms with Gasteiger partial charge in [0.05, 0.1) is 16.8 Å². The van der Waals surface area contributed by atoms with Gasteiger partial charge in [0.15, 0.2) is 0 Å². The minimum atomic E-state index is -4.78. The molecule has 15 heavy (non-hydrogen) atoms. The maximum absolute atomic E-state index is 12.0. The highest BCUT2D eigenvalue weighted by Gasteiger charge is 2.32. The first-order valence-corrected chi connectivity index (χ1v) is 4.09. The molecule has 82 valence electrons. The van der Waals surface area contributed by atoms with Crippen LogP contribution in [0.3, 0.4) is 0 Å². The van der Waals surface area contributed by atoms with E-state index in [1.165, 1.54) is 12.1 Å². The summed E-state index contributed by atoms with van der Waals surface area (Å²) in [6, 6.07) is 3.86. The van der Waals surface area contributed by atoms with E-state index in [0.717, 1.165) is 12.3 Å². The second kappa shape index (κ2) is 4.39. The normalized spacial score (nSPS) is 12.0. The van der Waals surface area contributed by atoms with Crippen molar-refractivity contribution in [2.24, 2.45) is 10.9 Å². The first-order chi connectivity index (χ1) is 6.94. The first kappa shape index (κ1) is 11.6. The molecule has 1 rings (SSSR count). The average molecular weight is 239 g/mol. The number of hydrazone groups is 1. The van der Waals surface area contributed by atoms with Crippen molar-refractivity contribution in [1.29, 1.82) is 0 Å². The van der Waals surface area contributed by atoms with Gasteiger partial charge in [0.25, 0.3) is 0 Å². The topological polar surface area (TPSA) is 47.6 Å². The Balaban J connectivity index is 3.11. The SMILES string of the molecule is NN=Cc1c(Cl)cccc1OC(F)(F)F. The summed E-state index contributed by atoms with van der Waals surface area (Å²) in [5.41, 5.74) is -0.0148. The summed E-state index contributed by atoms with van der Waals surface area (Å²) in [5, 5.41) is 3.18. The van der Waals surface area contributed by atoms with Crippen LogP contribution in [0, 0.1) is 0 Å². The number of nitrogens with zero attached hydrogens (tertiary/aromatic N) is 1. The number of hydrogen-bond donors (Lipinski definition) is 1. The molecule has 1 aromatic carbocycles. The molecule has 0 spiro atoms. The Morgan fingerprint density at radius 3 is 2.60 bits per heavy atom. The van der Waals surface area contributed by atoms with Crippen LogP contribution in [0.25, 0.3) is 0 Å². The fraction of sp³-hybridized carbons (Fsp3) is 0.125. The summed E-state index contributed by atoms with van der Waals surface area (Å²) in [4.78, 5) is 0. The van der Waals surface area contributed by atoms with E-state index >= 15 is 0 Å². The Morgan fingerprint density at radius 1 is 1.40 bits per heavy atom. The van der Waals surface area contributed by atoms with E-state index in [9.17, 15) is 13.2 Å². The van der Waals surface area contributed by atoms with Crippen molar-refractivity contribution in [3.05, 3.63) is 28.8 Å². The molecule has 0 saturated carbocycles. The Bertz CT molecular complexity index is 379. The Labute approximate surface area is 88.3 Å². The molecule has 0 aliphatic heterocycles. The van der Waals surface area contributed by atoms with Crippen LogP contribution in [0.4, 0.5) is 13.2 Å². The zero-order valence-electron chi connectivity index (χ0n) is 7.25. The summed E-state index contributed by atoms with van der Waals surface area (Å²) >= 11 is 5.64. The van der Waals surface area contributed by atoms with Crippen LogP contribution in [0.1, 0.15) is 5.56 Å². The number of hydrogen-bond acceptors (Lipinski definition) is 3. The predicted octanol–water partition coefficient (Wildman–Crippen LogP) is 2.53. The van der Waals surface area contributed by atoms with Gasteiger partial charge in [-0.25, -0.2) is 0 Å². The van der Waals surface area contributed by atoms with Gasteiger partial charge >= 0.3 is 6.36 Å². The van der Waals surface area contributed by atoms with Crippen molar-refractivity contribution in [2.45, 2.75) is 6.36 Å². The van der Waals surface area contributed by atoms with E-state index in [2.05, 4.69) is 9.84 Å². The number of alkyl halides is 3. The summed E-state index contributed by atoms with van der Waals surface area (Å²) in [6.45, 7) is 0. The smallest absolute Gasteiger partial charge is 0.405 e. The standard InChI is InChI=1S/C8H6ClF3N2O/c9-6-2-1-3-7(5(6)4-14-13)15-8(10,11)12/h1-4H,13H2. The van der Waals surface area contributed by atoms with Crippen molar-refractivity contribution in [2.75, 3.05) is 0 Å². The maximum atomic E-state index is 12.0. The molecule has 0 amide bonds. The van der Waals surface area contributed by atoms with E-state index in [1.54, 1.807) is 0 Å². The number of halogens is 4. The molecule has 0 aromatic heterocycles. The minimum absolute atomic E-state index is 0.0148. The van der Waals surface area contributed by atoms with Gasteiger partial charge in [-0.3, -0.25) is 0 Å². The lowest BCUT2D eigenvalue weighted by molar-refractivity contribution is -0.274. The molecule has 0 radical (unpaired) electrons. The number of nitrogens with two attached hydrogens (primary N) is 1. The molecule has 0 fully saturated rings. The zero-order chi connectivity index (χ0) is 11.5. The average Bonchev–Trinajstić information content (AvgIpc) is 2.08.